The van der Waals surface area contributed by atoms with Crippen LogP contribution < -0.4 is 4.90 Å². The fourth-order valence-electron chi connectivity index (χ4n) is 3.70. The minimum Gasteiger partial charge on any atom is -0.444 e. The first-order chi connectivity index (χ1) is 12.6. The van der Waals surface area contributed by atoms with Crippen LogP contribution in [0.1, 0.15) is 44.5 Å². The van der Waals surface area contributed by atoms with Crippen LogP contribution in [-0.2, 0) is 4.74 Å². The van der Waals surface area contributed by atoms with Gasteiger partial charge in [0, 0.05) is 37.2 Å². The summed E-state index contributed by atoms with van der Waals surface area (Å²) in [6.07, 6.45) is 0.494. The molecule has 1 aromatic carbocycles. The number of Topliss-reactive ketones (excluding diaryl/α,β-unsaturated/α-hetero) is 1. The van der Waals surface area contributed by atoms with Crippen molar-refractivity contribution in [3.63, 3.8) is 0 Å². The van der Waals surface area contributed by atoms with E-state index in [1.165, 1.54) is 13.0 Å². The van der Waals surface area contributed by atoms with Crippen molar-refractivity contribution in [1.82, 2.24) is 4.90 Å². The molecule has 8 heteroatoms. The van der Waals surface area contributed by atoms with E-state index in [1.807, 2.05) is 25.7 Å². The number of nitro benzene ring substituents is 1. The maximum Gasteiger partial charge on any atom is 0.410 e. The molecule has 0 bridgehead atoms. The highest BCUT2D eigenvalue weighted by Gasteiger charge is 2.46. The number of benzene rings is 1. The summed E-state index contributed by atoms with van der Waals surface area (Å²) in [5.41, 5.74) is 0.184. The highest BCUT2D eigenvalue weighted by Crippen LogP contribution is 2.41. The van der Waals surface area contributed by atoms with Gasteiger partial charge in [0.25, 0.3) is 5.69 Å². The van der Waals surface area contributed by atoms with Gasteiger partial charge in [0.05, 0.1) is 11.0 Å². The van der Waals surface area contributed by atoms with Crippen molar-refractivity contribution < 1.29 is 19.2 Å². The van der Waals surface area contributed by atoms with E-state index in [4.69, 9.17) is 4.74 Å². The molecule has 2 aliphatic rings. The van der Waals surface area contributed by atoms with Crippen molar-refractivity contribution in [3.05, 3.63) is 33.9 Å². The van der Waals surface area contributed by atoms with Gasteiger partial charge in [-0.1, -0.05) is 0 Å². The first-order valence-electron chi connectivity index (χ1n) is 9.11. The number of ketones is 1. The second-order valence-electron chi connectivity index (χ2n) is 8.21. The molecular formula is C19H25N3O5. The Hall–Kier alpha value is -2.64. The monoisotopic (exact) mass is 375 g/mol. The summed E-state index contributed by atoms with van der Waals surface area (Å²) in [6.45, 7) is 8.69. The Labute approximate surface area is 158 Å². The number of fused-ring (bicyclic) bond motifs is 1. The molecule has 0 aromatic heterocycles. The Morgan fingerprint density at radius 2 is 1.96 bits per heavy atom. The Balaban J connectivity index is 1.79. The minimum atomic E-state index is -0.561. The Bertz CT molecular complexity index is 786. The molecule has 1 aromatic rings. The second kappa shape index (κ2) is 6.83. The van der Waals surface area contributed by atoms with Crippen LogP contribution in [-0.4, -0.2) is 53.0 Å². The zero-order valence-corrected chi connectivity index (χ0v) is 16.1. The number of nitro groups is 1. The predicted octanol–water partition coefficient (Wildman–Crippen LogP) is 3.24. The normalized spacial score (nSPS) is 21.9. The number of ether oxygens (including phenoxy) is 1. The van der Waals surface area contributed by atoms with E-state index in [1.54, 1.807) is 17.0 Å². The molecule has 2 atom stereocenters. The molecule has 27 heavy (non-hydrogen) atoms. The van der Waals surface area contributed by atoms with E-state index in [0.717, 1.165) is 6.42 Å². The molecule has 2 saturated heterocycles. The molecule has 8 nitrogen and oxygen atoms in total. The number of likely N-dealkylation sites (tertiary alicyclic amines) is 1. The second-order valence-corrected chi connectivity index (χ2v) is 8.21. The summed E-state index contributed by atoms with van der Waals surface area (Å²) in [6, 6.07) is 4.61. The number of rotatable bonds is 3. The smallest absolute Gasteiger partial charge is 0.410 e. The number of anilines is 1. The highest BCUT2D eigenvalue weighted by atomic mass is 16.6. The number of nitrogens with zero attached hydrogens (tertiary/aromatic N) is 3. The summed E-state index contributed by atoms with van der Waals surface area (Å²) in [5.74, 6) is 0.190. The number of carbonyl (C=O) groups is 2. The van der Waals surface area contributed by atoms with Gasteiger partial charge in [0.15, 0.2) is 5.78 Å². The first-order valence-corrected chi connectivity index (χ1v) is 9.11. The largest absolute Gasteiger partial charge is 0.444 e. The average molecular weight is 375 g/mol. The van der Waals surface area contributed by atoms with Crippen LogP contribution in [0.4, 0.5) is 16.2 Å². The Morgan fingerprint density at radius 1 is 1.26 bits per heavy atom. The lowest BCUT2D eigenvalue weighted by atomic mass is 9.81. The number of hydrogen-bond donors (Lipinski definition) is 0. The molecule has 0 spiro atoms. The van der Waals surface area contributed by atoms with Crippen LogP contribution in [0.5, 0.6) is 0 Å². The summed E-state index contributed by atoms with van der Waals surface area (Å²) < 4.78 is 5.45. The van der Waals surface area contributed by atoms with Gasteiger partial charge in [0.1, 0.15) is 11.3 Å². The minimum absolute atomic E-state index is 0.0214. The van der Waals surface area contributed by atoms with Crippen LogP contribution in [0, 0.1) is 16.0 Å². The zero-order valence-electron chi connectivity index (χ0n) is 16.1. The van der Waals surface area contributed by atoms with Gasteiger partial charge in [-0.3, -0.25) is 14.9 Å². The fraction of sp³-hybridized carbons (Fsp3) is 0.579. The van der Waals surface area contributed by atoms with Gasteiger partial charge in [0.2, 0.25) is 0 Å². The number of amides is 1. The topological polar surface area (TPSA) is 93.0 Å². The van der Waals surface area contributed by atoms with E-state index in [0.29, 0.717) is 36.8 Å². The van der Waals surface area contributed by atoms with E-state index in [2.05, 4.69) is 0 Å². The third kappa shape index (κ3) is 3.89. The molecule has 0 aliphatic carbocycles. The molecule has 3 rings (SSSR count). The number of carbonyl (C=O) groups excluding carboxylic acids is 2. The molecule has 0 radical (unpaired) electrons. The standard InChI is InChI=1S/C19H25N3O5/c1-12(23)13-5-6-15(16(9-13)22(25)26)21-10-14-7-8-20(11-17(14)21)18(24)27-19(2,3)4/h5-6,9,14,17H,7-8,10-11H2,1-4H3/t14-,17-/m1/s1. The highest BCUT2D eigenvalue weighted by molar-refractivity contribution is 5.95. The van der Waals surface area contributed by atoms with Crippen LogP contribution in [0.2, 0.25) is 0 Å². The van der Waals surface area contributed by atoms with Gasteiger partial charge < -0.3 is 14.5 Å². The predicted molar refractivity (Wildman–Crippen MR) is 100 cm³/mol. The SMILES string of the molecule is CC(=O)c1ccc(N2C[C@H]3CCN(C(=O)OC(C)(C)C)C[C@H]32)c([N+](=O)[O-])c1. The fourth-order valence-corrected chi connectivity index (χ4v) is 3.70. The summed E-state index contributed by atoms with van der Waals surface area (Å²) in [4.78, 5) is 38.6. The van der Waals surface area contributed by atoms with E-state index in [9.17, 15) is 19.7 Å². The van der Waals surface area contributed by atoms with E-state index < -0.39 is 10.5 Å². The molecule has 2 fully saturated rings. The van der Waals surface area contributed by atoms with Gasteiger partial charge >= 0.3 is 6.09 Å². The molecular weight excluding hydrogens is 350 g/mol. The third-order valence-corrected chi connectivity index (χ3v) is 5.09. The summed E-state index contributed by atoms with van der Waals surface area (Å²) >= 11 is 0. The molecule has 146 valence electrons. The zero-order chi connectivity index (χ0) is 19.9. The van der Waals surface area contributed by atoms with Crippen LogP contribution in [0.3, 0.4) is 0 Å². The molecule has 2 aliphatic heterocycles. The van der Waals surface area contributed by atoms with Crippen molar-refractivity contribution in [2.75, 3.05) is 24.5 Å². The lowest BCUT2D eigenvalue weighted by Gasteiger charge is -2.54. The third-order valence-electron chi connectivity index (χ3n) is 5.09. The van der Waals surface area contributed by atoms with Gasteiger partial charge in [-0.05, 0) is 46.2 Å². The molecule has 1 amide bonds. The molecule has 2 heterocycles. The van der Waals surface area contributed by atoms with E-state index >= 15 is 0 Å². The molecule has 0 N–H and O–H groups in total. The number of piperidine rings is 1. The Morgan fingerprint density at radius 3 is 2.56 bits per heavy atom. The van der Waals surface area contributed by atoms with Gasteiger partial charge in [-0.2, -0.15) is 0 Å². The maximum absolute atomic E-state index is 12.4. The van der Waals surface area contributed by atoms with Crippen molar-refractivity contribution >= 4 is 23.3 Å². The van der Waals surface area contributed by atoms with Crippen molar-refractivity contribution in [1.29, 1.82) is 0 Å². The van der Waals surface area contributed by atoms with Crippen LogP contribution >= 0.6 is 0 Å². The molecule has 0 unspecified atom stereocenters. The van der Waals surface area contributed by atoms with Crippen molar-refractivity contribution in [2.24, 2.45) is 5.92 Å². The molecule has 0 saturated carbocycles. The van der Waals surface area contributed by atoms with Gasteiger partial charge in [-0.15, -0.1) is 0 Å². The average Bonchev–Trinajstić information content (AvgIpc) is 2.54. The Kier molecular flexibility index (Phi) is 4.84. The van der Waals surface area contributed by atoms with Crippen molar-refractivity contribution in [2.45, 2.75) is 45.8 Å². The van der Waals surface area contributed by atoms with E-state index in [-0.39, 0.29) is 23.6 Å². The quantitative estimate of drug-likeness (QED) is 0.457. The summed E-state index contributed by atoms with van der Waals surface area (Å²) in [7, 11) is 0. The first kappa shape index (κ1) is 19.1. The van der Waals surface area contributed by atoms with Crippen molar-refractivity contribution in [3.8, 4) is 0 Å². The van der Waals surface area contributed by atoms with Crippen LogP contribution in [0.15, 0.2) is 18.2 Å². The number of hydrogen-bond acceptors (Lipinski definition) is 6. The lowest BCUT2D eigenvalue weighted by Crippen LogP contribution is -2.65. The van der Waals surface area contributed by atoms with Crippen LogP contribution in [0.25, 0.3) is 0 Å². The van der Waals surface area contributed by atoms with Gasteiger partial charge in [-0.25, -0.2) is 4.79 Å². The maximum atomic E-state index is 12.4. The lowest BCUT2D eigenvalue weighted by molar-refractivity contribution is -0.384. The summed E-state index contributed by atoms with van der Waals surface area (Å²) in [5, 5.41) is 11.5.